The van der Waals surface area contributed by atoms with E-state index in [1.807, 2.05) is 6.07 Å². The molecule has 3 rings (SSSR count). The summed E-state index contributed by atoms with van der Waals surface area (Å²) in [6.07, 6.45) is 2.75. The second-order valence-electron chi connectivity index (χ2n) is 4.74. The summed E-state index contributed by atoms with van der Waals surface area (Å²) in [5, 5.41) is 16.6. The predicted octanol–water partition coefficient (Wildman–Crippen LogP) is 3.72. The Hall–Kier alpha value is -3.18. The van der Waals surface area contributed by atoms with Crippen LogP contribution in [0.15, 0.2) is 56.0 Å². The number of benzene rings is 1. The van der Waals surface area contributed by atoms with E-state index in [2.05, 4.69) is 26.1 Å². The maximum atomic E-state index is 11.8. The number of carbonyl (C=O) groups excluding carboxylic acids is 1. The third-order valence-electron chi connectivity index (χ3n) is 3.07. The fourth-order valence-electron chi connectivity index (χ4n) is 1.92. The van der Waals surface area contributed by atoms with Gasteiger partial charge in [-0.2, -0.15) is 5.26 Å². The molecule has 0 unspecified atom stereocenters. The molecule has 0 fully saturated rings. The van der Waals surface area contributed by atoms with Crippen LogP contribution in [0, 0.1) is 11.3 Å². The summed E-state index contributed by atoms with van der Waals surface area (Å²) in [5.41, 5.74) is 1.10. The summed E-state index contributed by atoms with van der Waals surface area (Å²) in [4.78, 5) is 11.8. The van der Waals surface area contributed by atoms with Crippen molar-refractivity contribution in [3.05, 3.63) is 64.2 Å². The van der Waals surface area contributed by atoms with Crippen LogP contribution in [0.4, 0.5) is 0 Å². The van der Waals surface area contributed by atoms with Crippen molar-refractivity contribution in [2.75, 3.05) is 0 Å². The number of hydrogen-bond donors (Lipinski definition) is 0. The number of rotatable bonds is 5. The Morgan fingerprint density at radius 1 is 1.24 bits per heavy atom. The standard InChI is InChI=1S/C17H10BrN3O4/c18-14-7-6-13(24-14)17-21-20-15(25-17)10-23-16(22)8-5-11-3-1-2-4-12(11)9-19/h1-8H,10H2. The highest BCUT2D eigenvalue weighted by Crippen LogP contribution is 2.23. The van der Waals surface area contributed by atoms with E-state index in [9.17, 15) is 4.79 Å². The quantitative estimate of drug-likeness (QED) is 0.475. The SMILES string of the molecule is N#Cc1ccccc1C=CC(=O)OCc1nnc(-c2ccc(Br)o2)o1. The fourth-order valence-corrected chi connectivity index (χ4v) is 2.23. The molecule has 0 aliphatic carbocycles. The molecule has 0 bridgehead atoms. The van der Waals surface area contributed by atoms with E-state index >= 15 is 0 Å². The third kappa shape index (κ3) is 4.22. The van der Waals surface area contributed by atoms with Gasteiger partial charge in [0.1, 0.15) is 0 Å². The number of furan rings is 1. The van der Waals surface area contributed by atoms with E-state index in [-0.39, 0.29) is 18.4 Å². The van der Waals surface area contributed by atoms with Crippen molar-refractivity contribution < 1.29 is 18.4 Å². The summed E-state index contributed by atoms with van der Waals surface area (Å²) in [6, 6.07) is 12.3. The van der Waals surface area contributed by atoms with E-state index < -0.39 is 5.97 Å². The van der Waals surface area contributed by atoms with Gasteiger partial charge in [0.25, 0.3) is 11.8 Å². The number of halogens is 1. The van der Waals surface area contributed by atoms with Gasteiger partial charge in [-0.15, -0.1) is 10.2 Å². The topological polar surface area (TPSA) is 102 Å². The Labute approximate surface area is 150 Å². The van der Waals surface area contributed by atoms with Crippen LogP contribution < -0.4 is 0 Å². The number of esters is 1. The van der Waals surface area contributed by atoms with Crippen molar-refractivity contribution in [1.29, 1.82) is 5.26 Å². The van der Waals surface area contributed by atoms with E-state index in [1.54, 1.807) is 36.4 Å². The first-order chi connectivity index (χ1) is 12.2. The van der Waals surface area contributed by atoms with Crippen LogP contribution in [-0.4, -0.2) is 16.2 Å². The first-order valence-electron chi connectivity index (χ1n) is 7.08. The van der Waals surface area contributed by atoms with E-state index in [0.29, 0.717) is 21.6 Å². The van der Waals surface area contributed by atoms with Crippen molar-refractivity contribution in [3.8, 4) is 17.7 Å². The van der Waals surface area contributed by atoms with Crippen molar-refractivity contribution in [2.24, 2.45) is 0 Å². The molecule has 2 aromatic heterocycles. The van der Waals surface area contributed by atoms with Gasteiger partial charge in [0.15, 0.2) is 17.0 Å². The molecule has 0 radical (unpaired) electrons. The number of aromatic nitrogens is 2. The van der Waals surface area contributed by atoms with Gasteiger partial charge >= 0.3 is 5.97 Å². The first-order valence-corrected chi connectivity index (χ1v) is 7.87. The molecular weight excluding hydrogens is 390 g/mol. The van der Waals surface area contributed by atoms with Crippen LogP contribution in [0.25, 0.3) is 17.7 Å². The molecule has 124 valence electrons. The Bertz CT molecular complexity index is 968. The van der Waals surface area contributed by atoms with Gasteiger partial charge in [0.05, 0.1) is 11.6 Å². The molecule has 2 heterocycles. The van der Waals surface area contributed by atoms with Gasteiger partial charge in [-0.25, -0.2) is 4.79 Å². The van der Waals surface area contributed by atoms with Crippen molar-refractivity contribution in [2.45, 2.75) is 6.61 Å². The normalized spacial score (nSPS) is 10.7. The minimum absolute atomic E-state index is 0.140. The van der Waals surface area contributed by atoms with E-state index in [0.717, 1.165) is 0 Å². The largest absolute Gasteiger partial charge is 0.452 e. The minimum Gasteiger partial charge on any atom is -0.452 e. The number of ether oxygens (including phenoxy) is 1. The van der Waals surface area contributed by atoms with Crippen LogP contribution >= 0.6 is 15.9 Å². The second-order valence-corrected chi connectivity index (χ2v) is 5.53. The molecule has 0 saturated heterocycles. The number of hydrogen-bond acceptors (Lipinski definition) is 7. The van der Waals surface area contributed by atoms with Gasteiger partial charge < -0.3 is 13.6 Å². The molecule has 0 saturated carbocycles. The highest BCUT2D eigenvalue weighted by Gasteiger charge is 2.13. The zero-order valence-electron chi connectivity index (χ0n) is 12.7. The van der Waals surface area contributed by atoms with Crippen LogP contribution in [0.1, 0.15) is 17.0 Å². The Morgan fingerprint density at radius 2 is 2.08 bits per heavy atom. The lowest BCUT2D eigenvalue weighted by molar-refractivity contribution is -0.139. The molecule has 0 spiro atoms. The van der Waals surface area contributed by atoms with E-state index in [1.165, 1.54) is 12.2 Å². The van der Waals surface area contributed by atoms with Crippen LogP contribution in [0.5, 0.6) is 0 Å². The monoisotopic (exact) mass is 399 g/mol. The zero-order valence-corrected chi connectivity index (χ0v) is 14.3. The highest BCUT2D eigenvalue weighted by atomic mass is 79.9. The van der Waals surface area contributed by atoms with Crippen LogP contribution in [0.3, 0.4) is 0 Å². The molecule has 0 aliphatic heterocycles. The summed E-state index contributed by atoms with van der Waals surface area (Å²) in [5.74, 6) is 0.148. The van der Waals surface area contributed by atoms with Crippen molar-refractivity contribution in [3.63, 3.8) is 0 Å². The molecule has 1 aromatic carbocycles. The van der Waals surface area contributed by atoms with Crippen molar-refractivity contribution >= 4 is 28.0 Å². The lowest BCUT2D eigenvalue weighted by Gasteiger charge is -1.98. The zero-order chi connectivity index (χ0) is 17.6. The summed E-state index contributed by atoms with van der Waals surface area (Å²) in [7, 11) is 0. The van der Waals surface area contributed by atoms with Gasteiger partial charge in [-0.3, -0.25) is 0 Å². The number of nitriles is 1. The molecule has 7 nitrogen and oxygen atoms in total. The summed E-state index contributed by atoms with van der Waals surface area (Å²) < 4.78 is 16.2. The lowest BCUT2D eigenvalue weighted by atomic mass is 10.1. The van der Waals surface area contributed by atoms with Crippen LogP contribution in [-0.2, 0) is 16.1 Å². The lowest BCUT2D eigenvalue weighted by Crippen LogP contribution is -2.01. The maximum absolute atomic E-state index is 11.8. The van der Waals surface area contributed by atoms with Crippen molar-refractivity contribution in [1.82, 2.24) is 10.2 Å². The molecule has 0 atom stereocenters. The first kappa shape index (κ1) is 16.7. The highest BCUT2D eigenvalue weighted by molar-refractivity contribution is 9.10. The predicted molar refractivity (Wildman–Crippen MR) is 89.7 cm³/mol. The number of carbonyl (C=O) groups is 1. The minimum atomic E-state index is -0.590. The van der Waals surface area contributed by atoms with Gasteiger partial charge in [0, 0.05) is 6.08 Å². The summed E-state index contributed by atoms with van der Waals surface area (Å²) in [6.45, 7) is -0.169. The third-order valence-corrected chi connectivity index (χ3v) is 3.50. The van der Waals surface area contributed by atoms with Crippen LogP contribution in [0.2, 0.25) is 0 Å². The summed E-state index contributed by atoms with van der Waals surface area (Å²) >= 11 is 3.18. The molecule has 0 amide bonds. The fraction of sp³-hybridized carbons (Fsp3) is 0.0588. The van der Waals surface area contributed by atoms with Gasteiger partial charge in [-0.1, -0.05) is 18.2 Å². The smallest absolute Gasteiger partial charge is 0.331 e. The second kappa shape index (κ2) is 7.59. The molecule has 0 N–H and O–H groups in total. The average Bonchev–Trinajstić information content (AvgIpc) is 3.27. The molecule has 25 heavy (non-hydrogen) atoms. The average molecular weight is 400 g/mol. The maximum Gasteiger partial charge on any atom is 0.331 e. The Morgan fingerprint density at radius 3 is 2.84 bits per heavy atom. The van der Waals surface area contributed by atoms with E-state index in [4.69, 9.17) is 18.8 Å². The van der Waals surface area contributed by atoms with Gasteiger partial charge in [-0.05, 0) is 45.8 Å². The Kier molecular flexibility index (Phi) is 5.06. The Balaban J connectivity index is 1.59. The number of nitrogens with zero attached hydrogens (tertiary/aromatic N) is 3. The molecular formula is C17H10BrN3O4. The van der Waals surface area contributed by atoms with Gasteiger partial charge in [0.2, 0.25) is 0 Å². The molecule has 3 aromatic rings. The molecule has 0 aliphatic rings. The molecule has 8 heteroatoms.